The highest BCUT2D eigenvalue weighted by atomic mass is 16.2. The zero-order chi connectivity index (χ0) is 11.6. The quantitative estimate of drug-likeness (QED) is 0.638. The maximum atomic E-state index is 11.9. The summed E-state index contributed by atoms with van der Waals surface area (Å²) >= 11 is 0. The highest BCUT2D eigenvalue weighted by Gasteiger charge is 2.35. The predicted octanol–water partition coefficient (Wildman–Crippen LogP) is -0.683. The van der Waals surface area contributed by atoms with Gasteiger partial charge >= 0.3 is 0 Å². The maximum absolute atomic E-state index is 11.9. The Morgan fingerprint density at radius 1 is 1.40 bits per heavy atom. The SMILES string of the molecule is CC(C)C(=O)N1C(C)CNCC1C(N)=O. The van der Waals surface area contributed by atoms with Crippen molar-refractivity contribution in [1.82, 2.24) is 10.2 Å². The summed E-state index contributed by atoms with van der Waals surface area (Å²) in [5, 5.41) is 3.09. The van der Waals surface area contributed by atoms with Gasteiger partial charge in [-0.2, -0.15) is 0 Å². The Kier molecular flexibility index (Phi) is 3.68. The van der Waals surface area contributed by atoms with Gasteiger partial charge in [0.2, 0.25) is 11.8 Å². The number of rotatable bonds is 2. The second-order valence-corrected chi connectivity index (χ2v) is 4.33. The van der Waals surface area contributed by atoms with Crippen LogP contribution < -0.4 is 11.1 Å². The van der Waals surface area contributed by atoms with Gasteiger partial charge in [-0.3, -0.25) is 9.59 Å². The molecule has 1 heterocycles. The van der Waals surface area contributed by atoms with Crippen LogP contribution in [-0.2, 0) is 9.59 Å². The lowest BCUT2D eigenvalue weighted by Gasteiger charge is -2.40. The van der Waals surface area contributed by atoms with Gasteiger partial charge in [0, 0.05) is 25.0 Å². The van der Waals surface area contributed by atoms with Gasteiger partial charge in [0.15, 0.2) is 0 Å². The van der Waals surface area contributed by atoms with Gasteiger partial charge < -0.3 is 16.0 Å². The van der Waals surface area contributed by atoms with Gasteiger partial charge in [-0.1, -0.05) is 13.8 Å². The molecule has 0 radical (unpaired) electrons. The van der Waals surface area contributed by atoms with E-state index in [1.807, 2.05) is 20.8 Å². The van der Waals surface area contributed by atoms with Crippen molar-refractivity contribution in [3.8, 4) is 0 Å². The van der Waals surface area contributed by atoms with E-state index in [-0.39, 0.29) is 17.9 Å². The number of carbonyl (C=O) groups excluding carboxylic acids is 2. The van der Waals surface area contributed by atoms with Crippen molar-refractivity contribution in [1.29, 1.82) is 0 Å². The molecule has 86 valence electrons. The summed E-state index contributed by atoms with van der Waals surface area (Å²) in [6.07, 6.45) is 0. The summed E-state index contributed by atoms with van der Waals surface area (Å²) in [7, 11) is 0. The van der Waals surface area contributed by atoms with E-state index in [4.69, 9.17) is 5.73 Å². The first-order chi connectivity index (χ1) is 6.95. The molecular formula is C10H19N3O2. The minimum atomic E-state index is -0.511. The third kappa shape index (κ3) is 2.47. The molecule has 0 spiro atoms. The van der Waals surface area contributed by atoms with Crippen LogP contribution in [0.2, 0.25) is 0 Å². The van der Waals surface area contributed by atoms with Crippen LogP contribution in [0.5, 0.6) is 0 Å². The van der Waals surface area contributed by atoms with E-state index >= 15 is 0 Å². The zero-order valence-electron chi connectivity index (χ0n) is 9.49. The first kappa shape index (κ1) is 12.0. The molecule has 2 atom stereocenters. The molecule has 0 bridgehead atoms. The number of nitrogens with one attached hydrogen (secondary N) is 1. The minimum Gasteiger partial charge on any atom is -0.368 e. The van der Waals surface area contributed by atoms with Crippen LogP contribution in [0.1, 0.15) is 20.8 Å². The molecule has 0 saturated carbocycles. The molecule has 0 aromatic rings. The van der Waals surface area contributed by atoms with Crippen molar-refractivity contribution in [2.75, 3.05) is 13.1 Å². The van der Waals surface area contributed by atoms with Crippen LogP contribution in [0.25, 0.3) is 0 Å². The van der Waals surface area contributed by atoms with Crippen LogP contribution in [-0.4, -0.2) is 41.9 Å². The van der Waals surface area contributed by atoms with Crippen molar-refractivity contribution in [3.63, 3.8) is 0 Å². The molecule has 2 unspecified atom stereocenters. The molecule has 0 aliphatic carbocycles. The number of nitrogens with two attached hydrogens (primary N) is 1. The minimum absolute atomic E-state index is 0.00667. The Bertz CT molecular complexity index is 265. The molecule has 2 amide bonds. The summed E-state index contributed by atoms with van der Waals surface area (Å²) in [5.41, 5.74) is 5.28. The summed E-state index contributed by atoms with van der Waals surface area (Å²) in [6, 6.07) is -0.491. The third-order valence-corrected chi connectivity index (χ3v) is 2.66. The number of nitrogens with zero attached hydrogens (tertiary/aromatic N) is 1. The van der Waals surface area contributed by atoms with Crippen LogP contribution in [0, 0.1) is 5.92 Å². The van der Waals surface area contributed by atoms with Gasteiger partial charge in [-0.25, -0.2) is 0 Å². The lowest BCUT2D eigenvalue weighted by atomic mass is 10.0. The van der Waals surface area contributed by atoms with Gasteiger partial charge in [0.1, 0.15) is 6.04 Å². The number of amides is 2. The van der Waals surface area contributed by atoms with Gasteiger partial charge in [-0.15, -0.1) is 0 Å². The Labute approximate surface area is 90.0 Å². The highest BCUT2D eigenvalue weighted by Crippen LogP contribution is 2.14. The lowest BCUT2D eigenvalue weighted by Crippen LogP contribution is -2.63. The zero-order valence-corrected chi connectivity index (χ0v) is 9.49. The van der Waals surface area contributed by atoms with Crippen LogP contribution in [0.3, 0.4) is 0 Å². The Balaban J connectivity index is 2.86. The highest BCUT2D eigenvalue weighted by molar-refractivity contribution is 5.88. The summed E-state index contributed by atoms with van der Waals surface area (Å²) in [5.74, 6) is -0.553. The molecule has 1 aliphatic rings. The molecular weight excluding hydrogens is 194 g/mol. The van der Waals surface area contributed by atoms with Crippen molar-refractivity contribution in [3.05, 3.63) is 0 Å². The normalized spacial score (nSPS) is 26.8. The van der Waals surface area contributed by atoms with Crippen molar-refractivity contribution in [2.45, 2.75) is 32.9 Å². The van der Waals surface area contributed by atoms with E-state index < -0.39 is 11.9 Å². The van der Waals surface area contributed by atoms with E-state index in [2.05, 4.69) is 5.32 Å². The van der Waals surface area contributed by atoms with E-state index in [0.29, 0.717) is 13.1 Å². The molecule has 1 aliphatic heterocycles. The second-order valence-electron chi connectivity index (χ2n) is 4.33. The average molecular weight is 213 g/mol. The van der Waals surface area contributed by atoms with E-state index in [1.165, 1.54) is 0 Å². The first-order valence-corrected chi connectivity index (χ1v) is 5.27. The summed E-state index contributed by atoms with van der Waals surface area (Å²) in [4.78, 5) is 24.8. The smallest absolute Gasteiger partial charge is 0.241 e. The van der Waals surface area contributed by atoms with Crippen molar-refractivity contribution < 1.29 is 9.59 Å². The number of hydrogen-bond donors (Lipinski definition) is 2. The third-order valence-electron chi connectivity index (χ3n) is 2.66. The van der Waals surface area contributed by atoms with E-state index in [1.54, 1.807) is 4.90 Å². The van der Waals surface area contributed by atoms with Crippen LogP contribution >= 0.6 is 0 Å². The second kappa shape index (κ2) is 4.61. The molecule has 1 fully saturated rings. The maximum Gasteiger partial charge on any atom is 0.241 e. The fourth-order valence-electron chi connectivity index (χ4n) is 1.84. The fourth-order valence-corrected chi connectivity index (χ4v) is 1.84. The molecule has 15 heavy (non-hydrogen) atoms. The topological polar surface area (TPSA) is 75.4 Å². The molecule has 1 rings (SSSR count). The van der Waals surface area contributed by atoms with E-state index in [0.717, 1.165) is 0 Å². The molecule has 3 N–H and O–H groups in total. The summed E-state index contributed by atoms with van der Waals surface area (Å²) < 4.78 is 0. The largest absolute Gasteiger partial charge is 0.368 e. The van der Waals surface area contributed by atoms with Gasteiger partial charge in [-0.05, 0) is 6.92 Å². The molecule has 0 aromatic heterocycles. The number of carbonyl (C=O) groups is 2. The fraction of sp³-hybridized carbons (Fsp3) is 0.800. The molecule has 5 heteroatoms. The van der Waals surface area contributed by atoms with Gasteiger partial charge in [0.05, 0.1) is 0 Å². The van der Waals surface area contributed by atoms with Crippen molar-refractivity contribution >= 4 is 11.8 Å². The Hall–Kier alpha value is -1.10. The Morgan fingerprint density at radius 3 is 2.47 bits per heavy atom. The summed E-state index contributed by atoms with van der Waals surface area (Å²) in [6.45, 7) is 6.74. The number of piperazine rings is 1. The monoisotopic (exact) mass is 213 g/mol. The van der Waals surface area contributed by atoms with Crippen molar-refractivity contribution in [2.24, 2.45) is 11.7 Å². The standard InChI is InChI=1S/C10H19N3O2/c1-6(2)10(15)13-7(3)4-12-5-8(13)9(11)14/h6-8,12H,4-5H2,1-3H3,(H2,11,14). The number of hydrogen-bond acceptors (Lipinski definition) is 3. The van der Waals surface area contributed by atoms with Crippen LogP contribution in [0.4, 0.5) is 0 Å². The van der Waals surface area contributed by atoms with E-state index in [9.17, 15) is 9.59 Å². The average Bonchev–Trinajstić information content (AvgIpc) is 2.16. The molecule has 0 aromatic carbocycles. The molecule has 5 nitrogen and oxygen atoms in total. The number of primary amides is 1. The predicted molar refractivity (Wildman–Crippen MR) is 57.0 cm³/mol. The first-order valence-electron chi connectivity index (χ1n) is 5.27. The van der Waals surface area contributed by atoms with Gasteiger partial charge in [0.25, 0.3) is 0 Å². The molecule has 1 saturated heterocycles. The Morgan fingerprint density at radius 2 is 2.00 bits per heavy atom. The lowest BCUT2D eigenvalue weighted by molar-refractivity contribution is -0.145. The van der Waals surface area contributed by atoms with Crippen LogP contribution in [0.15, 0.2) is 0 Å².